The Morgan fingerprint density at radius 3 is 2.35 bits per heavy atom. The zero-order valence-corrected chi connectivity index (χ0v) is 15.4. The van der Waals surface area contributed by atoms with Crippen molar-refractivity contribution in [3.63, 3.8) is 0 Å². The predicted molar refractivity (Wildman–Crippen MR) is 102 cm³/mol. The number of methoxy groups -OCH3 is 1. The van der Waals surface area contributed by atoms with Crippen molar-refractivity contribution >= 4 is 17.2 Å². The number of pyridine rings is 1. The molecule has 3 aromatic rings. The second-order valence-corrected chi connectivity index (χ2v) is 7.16. The molecule has 2 heterocycles. The van der Waals surface area contributed by atoms with E-state index in [9.17, 15) is 9.59 Å². The standard InChI is InChI=1S/C21H22N2O3/c1-21(2,3)22-20(25)19(24)18-17(13-15-7-5-6-12-23(15)18)14-8-10-16(26-4)11-9-14/h5-13H,1-4H3,(H,22,25). The molecule has 0 aliphatic carbocycles. The van der Waals surface area contributed by atoms with Gasteiger partial charge in [0.2, 0.25) is 0 Å². The maximum absolute atomic E-state index is 13.0. The first kappa shape index (κ1) is 17.7. The number of nitrogens with one attached hydrogen (secondary N) is 1. The maximum atomic E-state index is 13.0. The van der Waals surface area contributed by atoms with Crippen molar-refractivity contribution in [2.24, 2.45) is 0 Å². The summed E-state index contributed by atoms with van der Waals surface area (Å²) >= 11 is 0. The summed E-state index contributed by atoms with van der Waals surface area (Å²) in [4.78, 5) is 25.4. The van der Waals surface area contributed by atoms with Gasteiger partial charge in [0.1, 0.15) is 11.4 Å². The molecule has 0 saturated carbocycles. The third kappa shape index (κ3) is 3.47. The molecule has 0 saturated heterocycles. The van der Waals surface area contributed by atoms with Crippen molar-refractivity contribution < 1.29 is 14.3 Å². The summed E-state index contributed by atoms with van der Waals surface area (Å²) in [6, 6.07) is 15.0. The first-order valence-electron chi connectivity index (χ1n) is 8.41. The Kier molecular flexibility index (Phi) is 4.55. The van der Waals surface area contributed by atoms with Gasteiger partial charge in [-0.2, -0.15) is 0 Å². The summed E-state index contributed by atoms with van der Waals surface area (Å²) in [5, 5.41) is 2.75. The van der Waals surface area contributed by atoms with E-state index in [0.717, 1.165) is 16.8 Å². The fraction of sp³-hybridized carbons (Fsp3) is 0.238. The number of Topliss-reactive ketones (excluding diaryl/α,β-unsaturated/α-hetero) is 1. The van der Waals surface area contributed by atoms with Gasteiger partial charge in [0, 0.05) is 22.8 Å². The van der Waals surface area contributed by atoms with E-state index in [0.29, 0.717) is 11.3 Å². The number of benzene rings is 1. The van der Waals surface area contributed by atoms with Crippen LogP contribution in [0.1, 0.15) is 31.3 Å². The van der Waals surface area contributed by atoms with Gasteiger partial charge in [-0.05, 0) is 56.7 Å². The molecule has 0 aliphatic heterocycles. The first-order valence-corrected chi connectivity index (χ1v) is 8.41. The summed E-state index contributed by atoms with van der Waals surface area (Å²) in [6.45, 7) is 5.54. The van der Waals surface area contributed by atoms with E-state index >= 15 is 0 Å². The largest absolute Gasteiger partial charge is 0.497 e. The highest BCUT2D eigenvalue weighted by Crippen LogP contribution is 2.29. The van der Waals surface area contributed by atoms with E-state index in [4.69, 9.17) is 4.74 Å². The number of fused-ring (bicyclic) bond motifs is 1. The maximum Gasteiger partial charge on any atom is 0.294 e. The highest BCUT2D eigenvalue weighted by Gasteiger charge is 2.27. The zero-order valence-electron chi connectivity index (χ0n) is 15.4. The number of hydrogen-bond donors (Lipinski definition) is 1. The highest BCUT2D eigenvalue weighted by molar-refractivity contribution is 6.43. The Labute approximate surface area is 152 Å². The van der Waals surface area contributed by atoms with Gasteiger partial charge in [0.15, 0.2) is 0 Å². The van der Waals surface area contributed by atoms with Crippen molar-refractivity contribution in [1.82, 2.24) is 9.72 Å². The van der Waals surface area contributed by atoms with Gasteiger partial charge in [-0.3, -0.25) is 9.59 Å². The van der Waals surface area contributed by atoms with Crippen LogP contribution in [-0.4, -0.2) is 28.7 Å². The smallest absolute Gasteiger partial charge is 0.294 e. The number of rotatable bonds is 4. The summed E-state index contributed by atoms with van der Waals surface area (Å²) in [6.07, 6.45) is 1.79. The number of amides is 1. The van der Waals surface area contributed by atoms with Crippen LogP contribution < -0.4 is 10.1 Å². The summed E-state index contributed by atoms with van der Waals surface area (Å²) in [5.74, 6) is -0.441. The number of ether oxygens (including phenoxy) is 1. The minimum absolute atomic E-state index is 0.354. The molecule has 134 valence electrons. The van der Waals surface area contributed by atoms with Crippen LogP contribution in [0.15, 0.2) is 54.7 Å². The molecule has 0 fully saturated rings. The van der Waals surface area contributed by atoms with Crippen molar-refractivity contribution in [3.8, 4) is 16.9 Å². The lowest BCUT2D eigenvalue weighted by Crippen LogP contribution is -2.44. The molecule has 2 aromatic heterocycles. The molecule has 26 heavy (non-hydrogen) atoms. The van der Waals surface area contributed by atoms with Crippen LogP contribution >= 0.6 is 0 Å². The quantitative estimate of drug-likeness (QED) is 0.576. The number of aromatic nitrogens is 1. The third-order valence-electron chi connectivity index (χ3n) is 3.99. The van der Waals surface area contributed by atoms with Gasteiger partial charge in [0.05, 0.1) is 7.11 Å². The average Bonchev–Trinajstić information content (AvgIpc) is 2.99. The molecule has 0 bridgehead atoms. The molecule has 5 heteroatoms. The van der Waals surface area contributed by atoms with Gasteiger partial charge >= 0.3 is 0 Å². The Hall–Kier alpha value is -3.08. The van der Waals surface area contributed by atoms with Gasteiger partial charge < -0.3 is 14.5 Å². The number of carbonyl (C=O) groups is 2. The minimum atomic E-state index is -0.615. The molecule has 3 rings (SSSR count). The highest BCUT2D eigenvalue weighted by atomic mass is 16.5. The lowest BCUT2D eigenvalue weighted by molar-refractivity contribution is -0.118. The zero-order chi connectivity index (χ0) is 18.9. The van der Waals surface area contributed by atoms with Gasteiger partial charge in [-0.1, -0.05) is 18.2 Å². The summed E-state index contributed by atoms with van der Waals surface area (Å²) in [7, 11) is 1.60. The fourth-order valence-corrected chi connectivity index (χ4v) is 2.85. The fourth-order valence-electron chi connectivity index (χ4n) is 2.85. The number of hydrogen-bond acceptors (Lipinski definition) is 3. The second-order valence-electron chi connectivity index (χ2n) is 7.16. The Bertz CT molecular complexity index is 963. The Morgan fingerprint density at radius 2 is 1.73 bits per heavy atom. The van der Waals surface area contributed by atoms with Crippen LogP contribution in [0, 0.1) is 0 Å². The van der Waals surface area contributed by atoms with Crippen molar-refractivity contribution in [2.75, 3.05) is 7.11 Å². The van der Waals surface area contributed by atoms with Gasteiger partial charge in [-0.25, -0.2) is 0 Å². The van der Waals surface area contributed by atoms with Crippen LogP contribution in [0.4, 0.5) is 0 Å². The monoisotopic (exact) mass is 350 g/mol. The van der Waals surface area contributed by atoms with Gasteiger partial charge in [-0.15, -0.1) is 0 Å². The molecular formula is C21H22N2O3. The van der Waals surface area contributed by atoms with Crippen LogP contribution in [0.25, 0.3) is 16.6 Å². The SMILES string of the molecule is COc1ccc(-c2cc3ccccn3c2C(=O)C(=O)NC(C)(C)C)cc1. The normalized spacial score (nSPS) is 11.4. The molecule has 0 unspecified atom stereocenters. The topological polar surface area (TPSA) is 59.8 Å². The molecule has 0 spiro atoms. The van der Waals surface area contributed by atoms with Gasteiger partial charge in [0.25, 0.3) is 11.7 Å². The van der Waals surface area contributed by atoms with E-state index in [1.807, 2.05) is 69.3 Å². The molecular weight excluding hydrogens is 328 g/mol. The summed E-state index contributed by atoms with van der Waals surface area (Å²) < 4.78 is 6.95. The molecule has 0 atom stereocenters. The average molecular weight is 350 g/mol. The number of carbonyl (C=O) groups excluding carboxylic acids is 2. The second kappa shape index (κ2) is 6.67. The van der Waals surface area contributed by atoms with Crippen LogP contribution in [0.3, 0.4) is 0 Å². The third-order valence-corrected chi connectivity index (χ3v) is 3.99. The van der Waals surface area contributed by atoms with Crippen molar-refractivity contribution in [1.29, 1.82) is 0 Å². The summed E-state index contributed by atoms with van der Waals surface area (Å²) in [5.41, 5.74) is 2.28. The Morgan fingerprint density at radius 1 is 1.04 bits per heavy atom. The number of ketones is 1. The first-order chi connectivity index (χ1) is 12.3. The van der Waals surface area contributed by atoms with Crippen LogP contribution in [-0.2, 0) is 4.79 Å². The molecule has 1 aromatic carbocycles. The predicted octanol–water partition coefficient (Wildman–Crippen LogP) is 3.71. The molecule has 0 radical (unpaired) electrons. The van der Waals surface area contributed by atoms with E-state index in [1.165, 1.54) is 0 Å². The van der Waals surface area contributed by atoms with Crippen molar-refractivity contribution in [2.45, 2.75) is 26.3 Å². The minimum Gasteiger partial charge on any atom is -0.497 e. The van der Waals surface area contributed by atoms with Crippen LogP contribution in [0.2, 0.25) is 0 Å². The lowest BCUT2D eigenvalue weighted by Gasteiger charge is -2.20. The molecule has 1 N–H and O–H groups in total. The molecule has 1 amide bonds. The van der Waals surface area contributed by atoms with E-state index in [1.54, 1.807) is 17.7 Å². The Balaban J connectivity index is 2.13. The number of nitrogens with zero attached hydrogens (tertiary/aromatic N) is 1. The molecule has 5 nitrogen and oxygen atoms in total. The van der Waals surface area contributed by atoms with Crippen molar-refractivity contribution in [3.05, 3.63) is 60.4 Å². The van der Waals surface area contributed by atoms with Crippen LogP contribution in [0.5, 0.6) is 5.75 Å². The lowest BCUT2D eigenvalue weighted by atomic mass is 10.0. The molecule has 0 aliphatic rings. The van der Waals surface area contributed by atoms with E-state index in [-0.39, 0.29) is 0 Å². The van der Waals surface area contributed by atoms with E-state index < -0.39 is 17.2 Å². The van der Waals surface area contributed by atoms with E-state index in [2.05, 4.69) is 5.32 Å².